The second-order valence-electron chi connectivity index (χ2n) is 13.8. The predicted octanol–water partition coefficient (Wildman–Crippen LogP) is 4.75. The number of likely N-dealkylation sites (N-methyl/N-ethyl adjacent to an activating group) is 1. The molecule has 4 heterocycles. The normalized spacial score (nSPS) is 20.1. The number of fused-ring (bicyclic) bond motifs is 1. The first kappa shape index (κ1) is 35.3. The highest BCUT2D eigenvalue weighted by Crippen LogP contribution is 2.41. The number of rotatable bonds is 7. The summed E-state index contributed by atoms with van der Waals surface area (Å²) in [5.74, 6) is -2.49. The molecule has 2 amide bonds. The number of imidazole rings is 1. The second-order valence-corrected chi connectivity index (χ2v) is 14.2. The van der Waals surface area contributed by atoms with Crippen molar-refractivity contribution in [2.24, 2.45) is 5.92 Å². The SMILES string of the molecule is CN1CCCN(C2CCN(C(=O)[C@H](CC(=O)N3CCC(n4c(=O)[nH]c5ccccc54)CC3)Cc3cc(Cl)c(O)c(C(F)(F)F)c3)CC2)CC1. The Morgan fingerprint density at radius 3 is 2.33 bits per heavy atom. The van der Waals surface area contributed by atoms with Crippen LogP contribution in [0, 0.1) is 5.92 Å². The van der Waals surface area contributed by atoms with Gasteiger partial charge in [0.15, 0.2) is 0 Å². The summed E-state index contributed by atoms with van der Waals surface area (Å²) in [6.07, 6.45) is -1.38. The number of piperidine rings is 2. The molecule has 49 heavy (non-hydrogen) atoms. The Bertz CT molecular complexity index is 1710. The van der Waals surface area contributed by atoms with Crippen LogP contribution < -0.4 is 5.69 Å². The Labute approximate surface area is 288 Å². The number of phenols is 1. The van der Waals surface area contributed by atoms with Crippen LogP contribution in [0.4, 0.5) is 13.2 Å². The van der Waals surface area contributed by atoms with Crippen LogP contribution in [0.1, 0.15) is 55.7 Å². The molecular formula is C35H44ClF3N6O4. The number of halogens is 4. The Balaban J connectivity index is 1.16. The number of aromatic amines is 1. The highest BCUT2D eigenvalue weighted by Gasteiger charge is 2.37. The number of carbonyl (C=O) groups excluding carboxylic acids is 2. The van der Waals surface area contributed by atoms with E-state index >= 15 is 0 Å². The number of hydrogen-bond donors (Lipinski definition) is 2. The van der Waals surface area contributed by atoms with Crippen molar-refractivity contribution in [3.05, 3.63) is 63.0 Å². The minimum atomic E-state index is -4.85. The molecule has 3 aromatic rings. The number of carbonyl (C=O) groups is 2. The Kier molecular flexibility index (Phi) is 10.6. The number of likely N-dealkylation sites (tertiary alicyclic amines) is 2. The summed E-state index contributed by atoms with van der Waals surface area (Å²) in [6, 6.07) is 9.77. The van der Waals surface area contributed by atoms with Gasteiger partial charge in [0.2, 0.25) is 11.8 Å². The van der Waals surface area contributed by atoms with Crippen LogP contribution in [0.15, 0.2) is 41.2 Å². The number of nitrogens with zero attached hydrogens (tertiary/aromatic N) is 5. The van der Waals surface area contributed by atoms with E-state index < -0.39 is 28.4 Å². The third kappa shape index (κ3) is 7.94. The zero-order chi connectivity index (χ0) is 34.9. The van der Waals surface area contributed by atoms with Crippen molar-refractivity contribution < 1.29 is 27.9 Å². The summed E-state index contributed by atoms with van der Waals surface area (Å²) in [5.41, 5.74) is 0.210. The highest BCUT2D eigenvalue weighted by atomic mass is 35.5. The van der Waals surface area contributed by atoms with Gasteiger partial charge in [0.05, 0.1) is 27.5 Å². The van der Waals surface area contributed by atoms with Crippen LogP contribution in [0.3, 0.4) is 0 Å². The van der Waals surface area contributed by atoms with Crippen molar-refractivity contribution in [3.8, 4) is 5.75 Å². The smallest absolute Gasteiger partial charge is 0.420 e. The van der Waals surface area contributed by atoms with E-state index in [4.69, 9.17) is 11.6 Å². The molecule has 0 radical (unpaired) electrons. The molecule has 10 nitrogen and oxygen atoms in total. The van der Waals surface area contributed by atoms with Crippen LogP contribution in [0.5, 0.6) is 5.75 Å². The summed E-state index contributed by atoms with van der Waals surface area (Å²) >= 11 is 6.02. The third-order valence-corrected chi connectivity index (χ3v) is 10.8. The van der Waals surface area contributed by atoms with E-state index in [2.05, 4.69) is 21.8 Å². The van der Waals surface area contributed by atoms with E-state index in [1.165, 1.54) is 6.07 Å². The summed E-state index contributed by atoms with van der Waals surface area (Å²) in [5, 5.41) is 9.57. The number of alkyl halides is 3. The molecule has 0 bridgehead atoms. The van der Waals surface area contributed by atoms with E-state index in [9.17, 15) is 32.7 Å². The molecular weight excluding hydrogens is 661 g/mol. The van der Waals surface area contributed by atoms with Crippen molar-refractivity contribution in [3.63, 3.8) is 0 Å². The van der Waals surface area contributed by atoms with Crippen molar-refractivity contribution in [1.82, 2.24) is 29.2 Å². The van der Waals surface area contributed by atoms with E-state index in [1.54, 1.807) is 14.4 Å². The van der Waals surface area contributed by atoms with E-state index in [0.717, 1.165) is 62.5 Å². The largest absolute Gasteiger partial charge is 0.506 e. The minimum absolute atomic E-state index is 0.101. The average Bonchev–Trinajstić information content (AvgIpc) is 3.26. The number of H-pyrrole nitrogens is 1. The van der Waals surface area contributed by atoms with Gasteiger partial charge in [-0.1, -0.05) is 23.7 Å². The van der Waals surface area contributed by atoms with Gasteiger partial charge in [-0.25, -0.2) is 4.79 Å². The molecule has 0 unspecified atom stereocenters. The number of nitrogens with one attached hydrogen (secondary N) is 1. The van der Waals surface area contributed by atoms with Gasteiger partial charge < -0.3 is 24.8 Å². The zero-order valence-electron chi connectivity index (χ0n) is 27.7. The van der Waals surface area contributed by atoms with E-state index in [0.29, 0.717) is 45.1 Å². The molecule has 3 aliphatic rings. The average molecular weight is 705 g/mol. The molecule has 3 fully saturated rings. The Hall–Kier alpha value is -3.55. The molecule has 266 valence electrons. The second kappa shape index (κ2) is 14.7. The quantitative estimate of drug-likeness (QED) is 0.368. The molecule has 0 aliphatic carbocycles. The topological polar surface area (TPSA) is 105 Å². The lowest BCUT2D eigenvalue weighted by atomic mass is 9.91. The fourth-order valence-electron chi connectivity index (χ4n) is 7.81. The first-order valence-electron chi connectivity index (χ1n) is 17.2. The third-order valence-electron chi connectivity index (χ3n) is 10.5. The van der Waals surface area contributed by atoms with Crippen molar-refractivity contribution in [2.75, 3.05) is 59.4 Å². The van der Waals surface area contributed by atoms with Gasteiger partial charge in [-0.15, -0.1) is 0 Å². The van der Waals surface area contributed by atoms with Gasteiger partial charge in [0.25, 0.3) is 0 Å². The van der Waals surface area contributed by atoms with Crippen LogP contribution in [0.2, 0.25) is 5.02 Å². The van der Waals surface area contributed by atoms with Crippen molar-refractivity contribution in [2.45, 2.75) is 63.2 Å². The van der Waals surface area contributed by atoms with Gasteiger partial charge in [0.1, 0.15) is 5.75 Å². The number of hydrogen-bond acceptors (Lipinski definition) is 6. The lowest BCUT2D eigenvalue weighted by Gasteiger charge is -2.39. The maximum absolute atomic E-state index is 14.1. The van der Waals surface area contributed by atoms with Gasteiger partial charge in [-0.2, -0.15) is 13.2 Å². The number of benzene rings is 2. The summed E-state index contributed by atoms with van der Waals surface area (Å²) < 4.78 is 43.0. The predicted molar refractivity (Wildman–Crippen MR) is 181 cm³/mol. The number of para-hydroxylation sites is 2. The molecule has 0 spiro atoms. The number of phenolic OH excluding ortho intramolecular Hbond substituents is 1. The van der Waals surface area contributed by atoms with Crippen LogP contribution in [-0.2, 0) is 22.2 Å². The molecule has 14 heteroatoms. The Morgan fingerprint density at radius 1 is 0.939 bits per heavy atom. The summed E-state index contributed by atoms with van der Waals surface area (Å²) in [6.45, 7) is 5.82. The fraction of sp³-hybridized carbons (Fsp3) is 0.571. The summed E-state index contributed by atoms with van der Waals surface area (Å²) in [4.78, 5) is 51.7. The van der Waals surface area contributed by atoms with Gasteiger partial charge >= 0.3 is 11.9 Å². The summed E-state index contributed by atoms with van der Waals surface area (Å²) in [7, 11) is 2.12. The first-order chi connectivity index (χ1) is 23.4. The first-order valence-corrected chi connectivity index (χ1v) is 17.5. The zero-order valence-corrected chi connectivity index (χ0v) is 28.5. The lowest BCUT2D eigenvalue weighted by Crippen LogP contribution is -2.50. The number of aromatic nitrogens is 2. The highest BCUT2D eigenvalue weighted by molar-refractivity contribution is 6.32. The maximum Gasteiger partial charge on any atom is 0.420 e. The van der Waals surface area contributed by atoms with Crippen LogP contribution in [0.25, 0.3) is 11.0 Å². The molecule has 6 rings (SSSR count). The van der Waals surface area contributed by atoms with Crippen molar-refractivity contribution in [1.29, 1.82) is 0 Å². The lowest BCUT2D eigenvalue weighted by molar-refractivity contribution is -0.143. The Morgan fingerprint density at radius 2 is 1.61 bits per heavy atom. The molecule has 1 aromatic heterocycles. The van der Waals surface area contributed by atoms with Crippen LogP contribution in [-0.4, -0.2) is 112 Å². The van der Waals surface area contributed by atoms with Crippen LogP contribution >= 0.6 is 11.6 Å². The molecule has 2 N–H and O–H groups in total. The number of amides is 2. The standard InChI is InChI=1S/C35H44ClF3N6O4/c1-41-11-4-12-42(18-17-41)25-7-15-44(16-8-25)33(48)24(19-23-20-27(35(37,38)39)32(47)28(36)21-23)22-31(46)43-13-9-26(10-14-43)45-30-6-3-2-5-29(30)40-34(45)49/h2-3,5-6,20-21,24-26,47H,4,7-19,22H2,1H3,(H,40,49)/t24-/m0/s1. The van der Waals surface area contributed by atoms with Crippen molar-refractivity contribution >= 4 is 34.4 Å². The molecule has 0 saturated carbocycles. The number of aromatic hydroxyl groups is 1. The molecule has 3 aliphatic heterocycles. The van der Waals surface area contributed by atoms with Gasteiger partial charge in [0, 0.05) is 57.8 Å². The monoisotopic (exact) mass is 704 g/mol. The molecule has 3 saturated heterocycles. The molecule has 1 atom stereocenters. The van der Waals surface area contributed by atoms with Gasteiger partial charge in [-0.3, -0.25) is 19.1 Å². The maximum atomic E-state index is 14.1. The van der Waals surface area contributed by atoms with E-state index in [1.807, 2.05) is 24.3 Å². The van der Waals surface area contributed by atoms with Gasteiger partial charge in [-0.05, 0) is 88.5 Å². The van der Waals surface area contributed by atoms with E-state index in [-0.39, 0.29) is 42.0 Å². The fourth-order valence-corrected chi connectivity index (χ4v) is 8.05. The minimum Gasteiger partial charge on any atom is -0.506 e. The molecule has 2 aromatic carbocycles.